The molecule has 250 valence electrons. The number of ether oxygens (including phenoxy) is 2. The highest BCUT2D eigenvalue weighted by Gasteiger charge is 2.39. The van der Waals surface area contributed by atoms with E-state index in [9.17, 15) is 23.1 Å². The number of hydrogen-bond acceptors (Lipinski definition) is 9. The summed E-state index contributed by atoms with van der Waals surface area (Å²) in [6.07, 6.45) is -3.17. The van der Waals surface area contributed by atoms with E-state index in [1.165, 1.54) is 13.4 Å². The van der Waals surface area contributed by atoms with E-state index in [2.05, 4.69) is 20.6 Å². The highest BCUT2D eigenvalue weighted by atomic mass is 19.4. The second-order valence-corrected chi connectivity index (χ2v) is 11.8. The van der Waals surface area contributed by atoms with Gasteiger partial charge in [0.1, 0.15) is 6.33 Å². The van der Waals surface area contributed by atoms with Gasteiger partial charge < -0.3 is 14.6 Å². The van der Waals surface area contributed by atoms with E-state index in [0.717, 1.165) is 34.4 Å². The van der Waals surface area contributed by atoms with Crippen LogP contribution in [0.2, 0.25) is 0 Å². The Bertz CT molecular complexity index is 1780. The van der Waals surface area contributed by atoms with E-state index >= 15 is 0 Å². The lowest BCUT2D eigenvalue weighted by Gasteiger charge is -2.31. The Labute approximate surface area is 269 Å². The van der Waals surface area contributed by atoms with Crippen LogP contribution in [0.1, 0.15) is 67.5 Å². The normalized spacial score (nSPS) is 20.7. The van der Waals surface area contributed by atoms with Gasteiger partial charge in [0.15, 0.2) is 11.9 Å². The van der Waals surface area contributed by atoms with E-state index in [1.807, 2.05) is 55.5 Å². The largest absolute Gasteiger partial charge is 0.416 e. The van der Waals surface area contributed by atoms with Gasteiger partial charge in [-0.1, -0.05) is 61.9 Å². The number of fused-ring (bicyclic) bond motifs is 1. The number of nitrogens with one attached hydrogen (secondary N) is 1. The molecule has 0 spiro atoms. The van der Waals surface area contributed by atoms with Crippen molar-refractivity contribution in [2.24, 2.45) is 4.99 Å². The molecule has 0 bridgehead atoms. The summed E-state index contributed by atoms with van der Waals surface area (Å²) >= 11 is 0. The summed E-state index contributed by atoms with van der Waals surface area (Å²) < 4.78 is 52.2. The predicted octanol–water partition coefficient (Wildman–Crippen LogP) is 4.74. The van der Waals surface area contributed by atoms with Crippen molar-refractivity contribution in [3.05, 3.63) is 87.6 Å². The van der Waals surface area contributed by atoms with Crippen LogP contribution in [0.3, 0.4) is 0 Å². The minimum Gasteiger partial charge on any atom is -0.382 e. The molecule has 14 heteroatoms. The number of benzene rings is 2. The number of aliphatic hydroxyl groups is 1. The van der Waals surface area contributed by atoms with Crippen LogP contribution in [0.4, 0.5) is 13.2 Å². The standard InChI is InChI=1S/C33H37F3N6O5/c1-3-6-27-26(17-20-9-11-21(12-10-20)24-7-4-5-8-25(24)29-39-32(45-2)47-40-29)30(44)41(31-37-19-38-42(27)31)22-13-15-23(16-14-22)46-18-28(43)33(34,35)36/h4-5,7-12,19,22-23,28,32,43H,3,6,13-18H2,1-2H3,(H,39,40). The first kappa shape index (κ1) is 32.8. The van der Waals surface area contributed by atoms with Crippen molar-refractivity contribution in [1.29, 1.82) is 0 Å². The maximum Gasteiger partial charge on any atom is 0.416 e. The maximum atomic E-state index is 14.3. The van der Waals surface area contributed by atoms with Crippen molar-refractivity contribution in [3.8, 4) is 11.1 Å². The number of aryl methyl sites for hydroxylation is 1. The fraction of sp³-hybridized carbons (Fsp3) is 0.455. The quantitative estimate of drug-likeness (QED) is 0.238. The average Bonchev–Trinajstić information content (AvgIpc) is 3.76. The Hall–Kier alpha value is -4.11. The summed E-state index contributed by atoms with van der Waals surface area (Å²) in [5, 5.41) is 13.8. The molecule has 0 radical (unpaired) electrons. The zero-order valence-corrected chi connectivity index (χ0v) is 26.1. The summed E-state index contributed by atoms with van der Waals surface area (Å²) in [5.74, 6) is 1.02. The van der Waals surface area contributed by atoms with E-state index in [1.54, 1.807) is 9.08 Å². The zero-order chi connectivity index (χ0) is 33.1. The van der Waals surface area contributed by atoms with Crippen LogP contribution in [0.25, 0.3) is 16.9 Å². The number of methoxy groups -OCH3 is 1. The van der Waals surface area contributed by atoms with Crippen LogP contribution >= 0.6 is 0 Å². The number of halogens is 3. The first-order chi connectivity index (χ1) is 22.7. The number of aromatic nitrogens is 4. The average molecular weight is 655 g/mol. The van der Waals surface area contributed by atoms with E-state index in [4.69, 9.17) is 14.3 Å². The Morgan fingerprint density at radius 1 is 1.09 bits per heavy atom. The van der Waals surface area contributed by atoms with Crippen molar-refractivity contribution in [2.75, 3.05) is 13.7 Å². The van der Waals surface area contributed by atoms with Gasteiger partial charge in [0.05, 0.1) is 18.4 Å². The molecule has 2 atom stereocenters. The van der Waals surface area contributed by atoms with Crippen molar-refractivity contribution in [2.45, 2.75) is 82.7 Å². The van der Waals surface area contributed by atoms with Gasteiger partial charge in [0.25, 0.3) is 12.0 Å². The fourth-order valence-corrected chi connectivity index (χ4v) is 6.31. The fourth-order valence-electron chi connectivity index (χ4n) is 6.31. The minimum atomic E-state index is -4.73. The topological polar surface area (TPSA) is 124 Å². The third-order valence-electron chi connectivity index (χ3n) is 8.71. The molecule has 1 aliphatic heterocycles. The predicted molar refractivity (Wildman–Crippen MR) is 167 cm³/mol. The van der Waals surface area contributed by atoms with Crippen LogP contribution in [-0.4, -0.2) is 68.6 Å². The summed E-state index contributed by atoms with van der Waals surface area (Å²) in [7, 11) is 1.52. The maximum absolute atomic E-state index is 14.3. The SMILES string of the molecule is CCCc1c(Cc2ccc(-c3ccccc3C3=NC(OC)ON3)cc2)c(=O)n(C2CCC(OCC(O)C(F)(F)F)CC2)c2ncnn12. The summed E-state index contributed by atoms with van der Waals surface area (Å²) in [5.41, 5.74) is 7.87. The number of nitrogens with zero attached hydrogens (tertiary/aromatic N) is 5. The molecule has 1 aliphatic carbocycles. The number of aliphatic hydroxyl groups excluding tert-OH is 1. The molecule has 1 saturated carbocycles. The molecule has 6 rings (SSSR count). The van der Waals surface area contributed by atoms with Gasteiger partial charge in [-0.3, -0.25) is 9.36 Å². The molecule has 3 heterocycles. The lowest BCUT2D eigenvalue weighted by molar-refractivity contribution is -0.222. The minimum absolute atomic E-state index is 0.141. The van der Waals surface area contributed by atoms with E-state index in [0.29, 0.717) is 55.7 Å². The Kier molecular flexibility index (Phi) is 9.73. The first-order valence-electron chi connectivity index (χ1n) is 15.7. The van der Waals surface area contributed by atoms with Crippen LogP contribution in [0.5, 0.6) is 0 Å². The molecule has 1 fully saturated rings. The van der Waals surface area contributed by atoms with Gasteiger partial charge in [0, 0.05) is 30.7 Å². The van der Waals surface area contributed by atoms with E-state index in [-0.39, 0.29) is 11.6 Å². The van der Waals surface area contributed by atoms with Crippen LogP contribution < -0.4 is 11.0 Å². The molecule has 0 saturated heterocycles. The summed E-state index contributed by atoms with van der Waals surface area (Å²) in [6.45, 7) is 1.24. The molecule has 2 aliphatic rings. The number of hydroxylamine groups is 1. The first-order valence-corrected chi connectivity index (χ1v) is 15.7. The highest BCUT2D eigenvalue weighted by Crippen LogP contribution is 2.32. The molecule has 11 nitrogen and oxygen atoms in total. The second-order valence-electron chi connectivity index (χ2n) is 11.8. The molecule has 4 aromatic rings. The smallest absolute Gasteiger partial charge is 0.382 e. The van der Waals surface area contributed by atoms with Gasteiger partial charge in [-0.05, 0) is 48.8 Å². The Morgan fingerprint density at radius 2 is 1.81 bits per heavy atom. The van der Waals surface area contributed by atoms with E-state index < -0.39 is 31.4 Å². The highest BCUT2D eigenvalue weighted by molar-refractivity contribution is 6.04. The van der Waals surface area contributed by atoms with Gasteiger partial charge in [-0.2, -0.15) is 23.3 Å². The van der Waals surface area contributed by atoms with Gasteiger partial charge in [-0.25, -0.2) is 19.8 Å². The van der Waals surface area contributed by atoms with Crippen LogP contribution in [0, 0.1) is 0 Å². The van der Waals surface area contributed by atoms with Crippen molar-refractivity contribution in [1.82, 2.24) is 24.6 Å². The monoisotopic (exact) mass is 654 g/mol. The Balaban J connectivity index is 1.25. The third-order valence-corrected chi connectivity index (χ3v) is 8.71. The molecule has 2 unspecified atom stereocenters. The molecular weight excluding hydrogens is 617 g/mol. The number of rotatable bonds is 11. The lowest BCUT2D eigenvalue weighted by Crippen LogP contribution is -2.37. The summed E-state index contributed by atoms with van der Waals surface area (Å²) in [6, 6.07) is 15.7. The number of amidine groups is 1. The van der Waals surface area contributed by atoms with Gasteiger partial charge >= 0.3 is 6.18 Å². The van der Waals surface area contributed by atoms with Crippen LogP contribution in [-0.2, 0) is 27.2 Å². The number of alkyl halides is 3. The molecule has 0 amide bonds. The second kappa shape index (κ2) is 13.9. The van der Waals surface area contributed by atoms with Gasteiger partial charge in [-0.15, -0.1) is 0 Å². The summed E-state index contributed by atoms with van der Waals surface area (Å²) in [4.78, 5) is 28.5. The lowest BCUT2D eigenvalue weighted by atomic mass is 9.92. The van der Waals surface area contributed by atoms with Crippen molar-refractivity contribution >= 4 is 11.6 Å². The van der Waals surface area contributed by atoms with Crippen molar-refractivity contribution in [3.63, 3.8) is 0 Å². The number of aliphatic imine (C=N–C) groups is 1. The van der Waals surface area contributed by atoms with Crippen LogP contribution in [0.15, 0.2) is 64.6 Å². The molecule has 2 N–H and O–H groups in total. The van der Waals surface area contributed by atoms with Crippen molar-refractivity contribution < 1.29 is 32.6 Å². The third kappa shape index (κ3) is 6.96. The molecular formula is C33H37F3N6O5. The molecule has 2 aromatic carbocycles. The Morgan fingerprint density at radius 3 is 2.47 bits per heavy atom. The molecule has 47 heavy (non-hydrogen) atoms. The molecule has 2 aromatic heterocycles. The van der Waals surface area contributed by atoms with Gasteiger partial charge in [0.2, 0.25) is 5.78 Å². The number of hydrogen-bond donors (Lipinski definition) is 2. The zero-order valence-electron chi connectivity index (χ0n) is 26.1.